The third-order valence-electron chi connectivity index (χ3n) is 6.60. The van der Waals surface area contributed by atoms with Crippen LogP contribution < -0.4 is 5.32 Å². The molecule has 0 unspecified atom stereocenters. The monoisotopic (exact) mass is 387 g/mol. The Morgan fingerprint density at radius 3 is 2.26 bits per heavy atom. The van der Waals surface area contributed by atoms with Crippen molar-refractivity contribution in [1.82, 2.24) is 5.32 Å². The van der Waals surface area contributed by atoms with Gasteiger partial charge in [0.05, 0.1) is 12.9 Å². The zero-order valence-corrected chi connectivity index (χ0v) is 16.8. The average molecular weight is 388 g/mol. The molecule has 1 amide bonds. The molecule has 4 saturated carbocycles. The Morgan fingerprint density at radius 1 is 1.11 bits per heavy atom. The van der Waals surface area contributed by atoms with Gasteiger partial charge in [-0.1, -0.05) is 30.3 Å². The normalized spacial score (nSPS) is 32.1. The maximum absolute atomic E-state index is 12.6. The highest BCUT2D eigenvalue weighted by atomic mass is 32.2. The highest BCUT2D eigenvalue weighted by molar-refractivity contribution is 8.01. The van der Waals surface area contributed by atoms with E-state index in [2.05, 4.69) is 5.32 Å². The number of rotatable bonds is 7. The number of ether oxygens (including phenoxy) is 1. The largest absolute Gasteiger partial charge is 0.467 e. The fraction of sp³-hybridized carbons (Fsp3) is 0.636. The van der Waals surface area contributed by atoms with E-state index in [1.807, 2.05) is 42.1 Å². The number of hydrogen-bond acceptors (Lipinski definition) is 4. The Balaban J connectivity index is 1.34. The van der Waals surface area contributed by atoms with E-state index in [0.29, 0.717) is 16.9 Å². The smallest absolute Gasteiger partial charge is 0.328 e. The number of hydrogen-bond donors (Lipinski definition) is 1. The van der Waals surface area contributed by atoms with Gasteiger partial charge in [-0.25, -0.2) is 4.79 Å². The van der Waals surface area contributed by atoms with E-state index in [1.165, 1.54) is 45.6 Å². The maximum atomic E-state index is 12.6. The van der Waals surface area contributed by atoms with E-state index in [9.17, 15) is 9.59 Å². The lowest BCUT2D eigenvalue weighted by molar-refractivity contribution is -0.144. The van der Waals surface area contributed by atoms with Crippen LogP contribution >= 0.6 is 11.8 Å². The molecule has 4 bridgehead atoms. The van der Waals surface area contributed by atoms with Crippen LogP contribution in [0.4, 0.5) is 0 Å². The third-order valence-corrected chi connectivity index (χ3v) is 8.11. The van der Waals surface area contributed by atoms with E-state index in [0.717, 1.165) is 23.3 Å². The van der Waals surface area contributed by atoms with Crippen molar-refractivity contribution in [3.8, 4) is 0 Å². The molecule has 0 saturated heterocycles. The van der Waals surface area contributed by atoms with E-state index >= 15 is 0 Å². The first-order valence-electron chi connectivity index (χ1n) is 10.1. The quantitative estimate of drug-likeness (QED) is 0.727. The fourth-order valence-electron chi connectivity index (χ4n) is 5.85. The summed E-state index contributed by atoms with van der Waals surface area (Å²) in [5.74, 6) is 2.65. The van der Waals surface area contributed by atoms with Crippen molar-refractivity contribution in [2.45, 2.75) is 55.7 Å². The van der Waals surface area contributed by atoms with Crippen molar-refractivity contribution in [2.24, 2.45) is 17.8 Å². The van der Waals surface area contributed by atoms with Gasteiger partial charge in [0.2, 0.25) is 5.91 Å². The molecule has 5 heteroatoms. The molecule has 146 valence electrons. The Bertz CT molecular complexity index is 655. The summed E-state index contributed by atoms with van der Waals surface area (Å²) < 4.78 is 5.22. The van der Waals surface area contributed by atoms with Gasteiger partial charge in [-0.2, -0.15) is 0 Å². The number of esters is 1. The number of benzene rings is 1. The van der Waals surface area contributed by atoms with Gasteiger partial charge < -0.3 is 10.1 Å². The molecule has 1 atom stereocenters. The van der Waals surface area contributed by atoms with Crippen molar-refractivity contribution in [3.63, 3.8) is 0 Å². The zero-order valence-electron chi connectivity index (χ0n) is 16.0. The fourth-order valence-corrected chi connectivity index (χ4v) is 7.43. The third kappa shape index (κ3) is 4.34. The van der Waals surface area contributed by atoms with Crippen LogP contribution in [0.2, 0.25) is 0 Å². The number of nitrogens with one attached hydrogen (secondary N) is 1. The molecule has 4 fully saturated rings. The Morgan fingerprint density at radius 2 is 1.70 bits per heavy atom. The molecule has 0 aromatic heterocycles. The molecule has 1 aromatic rings. The molecule has 0 heterocycles. The molecule has 4 aliphatic rings. The summed E-state index contributed by atoms with van der Waals surface area (Å²) in [6.07, 6.45) is 8.53. The number of thioether (sulfide) groups is 1. The standard InChI is InChI=1S/C22H29NO3S/c1-26-21(25)19(10-15-5-3-2-4-6-15)23-20(24)14-27-22-11-16-7-17(12-22)9-18(8-16)13-22/h2-6,16-19H,7-14H2,1H3,(H,23,24)/t16?,17?,18?,19-,22?/m1/s1. The molecule has 4 aliphatic carbocycles. The summed E-state index contributed by atoms with van der Waals surface area (Å²) in [6, 6.07) is 9.13. The van der Waals surface area contributed by atoms with Gasteiger partial charge in [-0.3, -0.25) is 4.79 Å². The van der Waals surface area contributed by atoms with Gasteiger partial charge in [0.25, 0.3) is 0 Å². The second-order valence-corrected chi connectivity index (χ2v) is 10.2. The molecule has 0 aliphatic heterocycles. The topological polar surface area (TPSA) is 55.4 Å². The van der Waals surface area contributed by atoms with Gasteiger partial charge in [0.1, 0.15) is 6.04 Å². The molecule has 0 radical (unpaired) electrons. The summed E-state index contributed by atoms with van der Waals surface area (Å²) >= 11 is 1.85. The van der Waals surface area contributed by atoms with Crippen molar-refractivity contribution < 1.29 is 14.3 Å². The molecule has 1 N–H and O–H groups in total. The van der Waals surface area contributed by atoms with Crippen LogP contribution in [0, 0.1) is 17.8 Å². The lowest BCUT2D eigenvalue weighted by Crippen LogP contribution is -2.49. The minimum absolute atomic E-state index is 0.0536. The van der Waals surface area contributed by atoms with E-state index in [1.54, 1.807) is 0 Å². The van der Waals surface area contributed by atoms with Gasteiger partial charge in [0, 0.05) is 11.2 Å². The second-order valence-electron chi connectivity index (χ2n) is 8.72. The molecule has 4 nitrogen and oxygen atoms in total. The Labute approximate surface area is 165 Å². The number of amides is 1. The molecule has 27 heavy (non-hydrogen) atoms. The molecule has 1 aromatic carbocycles. The van der Waals surface area contributed by atoms with Crippen molar-refractivity contribution in [1.29, 1.82) is 0 Å². The van der Waals surface area contributed by atoms with Gasteiger partial charge in [-0.15, -0.1) is 11.8 Å². The van der Waals surface area contributed by atoms with Crippen LogP contribution in [-0.2, 0) is 20.7 Å². The van der Waals surface area contributed by atoms with Gasteiger partial charge in [-0.05, 0) is 61.8 Å². The summed E-state index contributed by atoms with van der Waals surface area (Å²) in [5, 5.41) is 2.91. The first-order chi connectivity index (χ1) is 13.0. The van der Waals surface area contributed by atoms with Crippen LogP contribution in [0.3, 0.4) is 0 Å². The van der Waals surface area contributed by atoms with Gasteiger partial charge >= 0.3 is 5.97 Å². The van der Waals surface area contributed by atoms with E-state index < -0.39 is 6.04 Å². The van der Waals surface area contributed by atoms with Crippen molar-refractivity contribution in [2.75, 3.05) is 12.9 Å². The minimum atomic E-state index is -0.623. The SMILES string of the molecule is COC(=O)[C@@H](Cc1ccccc1)NC(=O)CSC12CC3CC(CC(C3)C1)C2. The van der Waals surface area contributed by atoms with Crippen LogP contribution in [-0.4, -0.2) is 35.5 Å². The van der Waals surface area contributed by atoms with Crippen molar-refractivity contribution >= 4 is 23.6 Å². The van der Waals surface area contributed by atoms with E-state index in [-0.39, 0.29) is 11.9 Å². The lowest BCUT2D eigenvalue weighted by atomic mass is 9.56. The zero-order chi connectivity index (χ0) is 18.9. The van der Waals surface area contributed by atoms with Crippen LogP contribution in [0.25, 0.3) is 0 Å². The van der Waals surface area contributed by atoms with Gasteiger partial charge in [0.15, 0.2) is 0 Å². The summed E-state index contributed by atoms with van der Waals surface area (Å²) in [6.45, 7) is 0. The number of methoxy groups -OCH3 is 1. The number of carbonyl (C=O) groups excluding carboxylic acids is 2. The number of carbonyl (C=O) groups is 2. The molecule has 0 spiro atoms. The highest BCUT2D eigenvalue weighted by Crippen LogP contribution is 2.60. The molecular formula is C22H29NO3S. The summed E-state index contributed by atoms with van der Waals surface area (Å²) in [7, 11) is 1.37. The minimum Gasteiger partial charge on any atom is -0.467 e. The first-order valence-corrected chi connectivity index (χ1v) is 11.1. The van der Waals surface area contributed by atoms with E-state index in [4.69, 9.17) is 4.74 Å². The predicted molar refractivity (Wildman–Crippen MR) is 107 cm³/mol. The highest BCUT2D eigenvalue weighted by Gasteiger charge is 2.51. The van der Waals surface area contributed by atoms with Crippen LogP contribution in [0.5, 0.6) is 0 Å². The lowest BCUT2D eigenvalue weighted by Gasteiger charge is -2.56. The molecular weight excluding hydrogens is 358 g/mol. The van der Waals surface area contributed by atoms with Crippen molar-refractivity contribution in [3.05, 3.63) is 35.9 Å². The van der Waals surface area contributed by atoms with Crippen LogP contribution in [0.15, 0.2) is 30.3 Å². The Hall–Kier alpha value is -1.49. The Kier molecular flexibility index (Phi) is 5.49. The predicted octanol–water partition coefficient (Wildman–Crippen LogP) is 3.59. The maximum Gasteiger partial charge on any atom is 0.328 e. The van der Waals surface area contributed by atoms with Crippen LogP contribution in [0.1, 0.15) is 44.1 Å². The first kappa shape index (κ1) is 18.9. The summed E-state index contributed by atoms with van der Waals surface area (Å²) in [4.78, 5) is 24.8. The summed E-state index contributed by atoms with van der Waals surface area (Å²) in [5.41, 5.74) is 1.02. The average Bonchev–Trinajstić information content (AvgIpc) is 2.65. The second kappa shape index (κ2) is 7.86. The molecule has 5 rings (SSSR count).